The van der Waals surface area contributed by atoms with Gasteiger partial charge in [-0.1, -0.05) is 6.92 Å². The minimum atomic E-state index is -0.443. The summed E-state index contributed by atoms with van der Waals surface area (Å²) < 4.78 is 7.44. The minimum Gasteiger partial charge on any atom is -0.497 e. The first-order valence-corrected chi connectivity index (χ1v) is 6.31. The topological polar surface area (TPSA) is 53.1 Å². The van der Waals surface area contributed by atoms with E-state index < -0.39 is 5.54 Å². The number of methoxy groups -OCH3 is 1. The number of hydrogen-bond donors (Lipinski definition) is 1. The van der Waals surface area contributed by atoms with Crippen LogP contribution in [0, 0.1) is 0 Å². The molecule has 1 heterocycles. The molecule has 4 nitrogen and oxygen atoms in total. The van der Waals surface area contributed by atoms with Crippen LogP contribution in [-0.2, 0) is 12.1 Å². The second-order valence-electron chi connectivity index (χ2n) is 5.16. The van der Waals surface area contributed by atoms with E-state index in [0.29, 0.717) is 0 Å². The normalized spacial score (nSPS) is 12.1. The highest BCUT2D eigenvalue weighted by molar-refractivity contribution is 5.78. The summed E-state index contributed by atoms with van der Waals surface area (Å²) in [5.41, 5.74) is 7.82. The third-order valence-electron chi connectivity index (χ3n) is 2.98. The maximum atomic E-state index is 6.21. The van der Waals surface area contributed by atoms with Gasteiger partial charge in [-0.05, 0) is 32.4 Å². The largest absolute Gasteiger partial charge is 0.497 e. The summed E-state index contributed by atoms with van der Waals surface area (Å²) in [5.74, 6) is 1.75. The lowest BCUT2D eigenvalue weighted by Gasteiger charge is -2.19. The fraction of sp³-hybridized carbons (Fsp3) is 0.500. The molecule has 0 amide bonds. The van der Waals surface area contributed by atoms with Crippen molar-refractivity contribution in [1.82, 2.24) is 9.55 Å². The Kier molecular flexibility index (Phi) is 3.30. The zero-order chi connectivity index (χ0) is 13.3. The molecule has 0 bridgehead atoms. The number of nitrogens with two attached hydrogens (primary N) is 1. The molecule has 0 spiro atoms. The molecule has 2 rings (SSSR count). The van der Waals surface area contributed by atoms with Gasteiger partial charge in [0.05, 0.1) is 23.7 Å². The van der Waals surface area contributed by atoms with Crippen LogP contribution in [0.2, 0.25) is 0 Å². The van der Waals surface area contributed by atoms with Crippen LogP contribution in [0.5, 0.6) is 5.75 Å². The van der Waals surface area contributed by atoms with Gasteiger partial charge in [0.2, 0.25) is 0 Å². The van der Waals surface area contributed by atoms with Gasteiger partial charge in [-0.2, -0.15) is 0 Å². The zero-order valence-electron chi connectivity index (χ0n) is 11.5. The van der Waals surface area contributed by atoms with Crippen LogP contribution in [0.4, 0.5) is 0 Å². The summed E-state index contributed by atoms with van der Waals surface area (Å²) in [4.78, 5) is 4.67. The Bertz CT molecular complexity index is 552. The molecule has 0 aliphatic rings. The number of fused-ring (bicyclic) bond motifs is 1. The number of imidazole rings is 1. The molecule has 1 aromatic heterocycles. The molecule has 4 heteroatoms. The molecule has 2 aromatic rings. The number of ether oxygens (including phenoxy) is 1. The average Bonchev–Trinajstić information content (AvgIpc) is 2.67. The Balaban J connectivity index is 2.66. The van der Waals surface area contributed by atoms with Crippen molar-refractivity contribution in [1.29, 1.82) is 0 Å². The van der Waals surface area contributed by atoms with Crippen molar-refractivity contribution in [3.05, 3.63) is 24.0 Å². The maximum Gasteiger partial charge on any atom is 0.129 e. The average molecular weight is 247 g/mol. The van der Waals surface area contributed by atoms with Crippen molar-refractivity contribution in [3.8, 4) is 5.75 Å². The van der Waals surface area contributed by atoms with E-state index in [9.17, 15) is 0 Å². The number of hydrogen-bond acceptors (Lipinski definition) is 3. The molecule has 0 aliphatic carbocycles. The summed E-state index contributed by atoms with van der Waals surface area (Å²) in [6, 6.07) is 5.96. The van der Waals surface area contributed by atoms with Crippen molar-refractivity contribution in [2.75, 3.05) is 7.11 Å². The lowest BCUT2D eigenvalue weighted by atomic mass is 10.1. The van der Waals surface area contributed by atoms with Crippen molar-refractivity contribution in [2.24, 2.45) is 5.73 Å². The molecule has 0 saturated carbocycles. The van der Waals surface area contributed by atoms with Crippen molar-refractivity contribution < 1.29 is 4.74 Å². The van der Waals surface area contributed by atoms with E-state index in [1.165, 1.54) is 0 Å². The van der Waals surface area contributed by atoms with E-state index in [4.69, 9.17) is 10.5 Å². The minimum absolute atomic E-state index is 0.443. The lowest BCUT2D eigenvalue weighted by Crippen LogP contribution is -2.32. The predicted molar refractivity (Wildman–Crippen MR) is 73.8 cm³/mol. The number of aromatic nitrogens is 2. The first-order chi connectivity index (χ1) is 8.47. The summed E-state index contributed by atoms with van der Waals surface area (Å²) >= 11 is 0. The molecule has 0 aliphatic heterocycles. The van der Waals surface area contributed by atoms with Gasteiger partial charge in [0.1, 0.15) is 11.6 Å². The zero-order valence-corrected chi connectivity index (χ0v) is 11.5. The standard InChI is InChI=1S/C14H21N3O/c1-5-8-17-12-7-6-10(18-4)9-11(12)16-13(17)14(2,3)15/h6-7,9H,5,8,15H2,1-4H3. The van der Waals surface area contributed by atoms with Crippen LogP contribution in [0.25, 0.3) is 11.0 Å². The molecule has 1 aromatic carbocycles. The lowest BCUT2D eigenvalue weighted by molar-refractivity contribution is 0.415. The van der Waals surface area contributed by atoms with Crippen LogP contribution in [0.3, 0.4) is 0 Å². The van der Waals surface area contributed by atoms with Crippen LogP contribution in [0.15, 0.2) is 18.2 Å². The third-order valence-corrected chi connectivity index (χ3v) is 2.98. The SMILES string of the molecule is CCCn1c(C(C)(C)N)nc2cc(OC)ccc21. The molecule has 0 atom stereocenters. The summed E-state index contributed by atoms with van der Waals surface area (Å²) in [5, 5.41) is 0. The highest BCUT2D eigenvalue weighted by Crippen LogP contribution is 2.26. The van der Waals surface area contributed by atoms with Crippen LogP contribution in [0.1, 0.15) is 33.0 Å². The van der Waals surface area contributed by atoms with Crippen LogP contribution in [-0.4, -0.2) is 16.7 Å². The van der Waals surface area contributed by atoms with E-state index in [0.717, 1.165) is 35.6 Å². The molecule has 0 saturated heterocycles. The van der Waals surface area contributed by atoms with Gasteiger partial charge in [-0.15, -0.1) is 0 Å². The van der Waals surface area contributed by atoms with Gasteiger partial charge < -0.3 is 15.0 Å². The summed E-state index contributed by atoms with van der Waals surface area (Å²) in [7, 11) is 1.66. The fourth-order valence-corrected chi connectivity index (χ4v) is 2.18. The molecule has 0 unspecified atom stereocenters. The maximum absolute atomic E-state index is 6.21. The number of nitrogens with zero attached hydrogens (tertiary/aromatic N) is 2. The number of aryl methyl sites for hydroxylation is 1. The second kappa shape index (κ2) is 4.61. The van der Waals surface area contributed by atoms with Crippen LogP contribution < -0.4 is 10.5 Å². The molecule has 0 fully saturated rings. The quantitative estimate of drug-likeness (QED) is 0.903. The Morgan fingerprint density at radius 1 is 1.39 bits per heavy atom. The fourth-order valence-electron chi connectivity index (χ4n) is 2.18. The first-order valence-electron chi connectivity index (χ1n) is 6.31. The Hall–Kier alpha value is -1.55. The molecular formula is C14H21N3O. The summed E-state index contributed by atoms with van der Waals surface area (Å²) in [6.45, 7) is 7.05. The Morgan fingerprint density at radius 2 is 2.11 bits per heavy atom. The van der Waals surface area contributed by atoms with Crippen molar-refractivity contribution in [2.45, 2.75) is 39.3 Å². The number of rotatable bonds is 4. The highest BCUT2D eigenvalue weighted by Gasteiger charge is 2.23. The van der Waals surface area contributed by atoms with Gasteiger partial charge in [0, 0.05) is 12.6 Å². The smallest absolute Gasteiger partial charge is 0.129 e. The van der Waals surface area contributed by atoms with E-state index >= 15 is 0 Å². The molecule has 98 valence electrons. The van der Waals surface area contributed by atoms with E-state index in [1.54, 1.807) is 7.11 Å². The van der Waals surface area contributed by atoms with Crippen molar-refractivity contribution in [3.63, 3.8) is 0 Å². The van der Waals surface area contributed by atoms with Crippen LogP contribution >= 0.6 is 0 Å². The van der Waals surface area contributed by atoms with Gasteiger partial charge in [0.25, 0.3) is 0 Å². The Morgan fingerprint density at radius 3 is 2.67 bits per heavy atom. The summed E-state index contributed by atoms with van der Waals surface area (Å²) in [6.07, 6.45) is 1.06. The van der Waals surface area contributed by atoms with E-state index in [1.807, 2.05) is 32.0 Å². The molecule has 2 N–H and O–H groups in total. The van der Waals surface area contributed by atoms with E-state index in [2.05, 4.69) is 16.5 Å². The highest BCUT2D eigenvalue weighted by atomic mass is 16.5. The second-order valence-corrected chi connectivity index (χ2v) is 5.16. The first kappa shape index (κ1) is 12.9. The molecule has 0 radical (unpaired) electrons. The number of benzene rings is 1. The van der Waals surface area contributed by atoms with Gasteiger partial charge in [0.15, 0.2) is 0 Å². The van der Waals surface area contributed by atoms with E-state index in [-0.39, 0.29) is 0 Å². The molecular weight excluding hydrogens is 226 g/mol. The monoisotopic (exact) mass is 247 g/mol. The predicted octanol–water partition coefficient (Wildman–Crippen LogP) is 2.65. The Labute approximate surface area is 108 Å². The van der Waals surface area contributed by atoms with Gasteiger partial charge >= 0.3 is 0 Å². The van der Waals surface area contributed by atoms with Gasteiger partial charge in [-0.3, -0.25) is 0 Å². The van der Waals surface area contributed by atoms with Gasteiger partial charge in [-0.25, -0.2) is 4.98 Å². The third kappa shape index (κ3) is 2.20. The van der Waals surface area contributed by atoms with Crippen molar-refractivity contribution >= 4 is 11.0 Å². The molecule has 18 heavy (non-hydrogen) atoms.